The Morgan fingerprint density at radius 1 is 1.17 bits per heavy atom. The summed E-state index contributed by atoms with van der Waals surface area (Å²) in [6, 6.07) is -0.161. The molecule has 0 saturated carbocycles. The van der Waals surface area contributed by atoms with Gasteiger partial charge < -0.3 is 14.5 Å². The van der Waals surface area contributed by atoms with E-state index in [0.29, 0.717) is 26.1 Å². The lowest BCUT2D eigenvalue weighted by molar-refractivity contribution is 0.0221. The molecule has 1 aliphatic heterocycles. The zero-order valence-electron chi connectivity index (χ0n) is 19.5. The fourth-order valence-electron chi connectivity index (χ4n) is 2.80. The van der Waals surface area contributed by atoms with E-state index in [-0.39, 0.29) is 23.8 Å². The van der Waals surface area contributed by atoms with Crippen LogP contribution < -0.4 is 5.32 Å². The number of rotatable bonds is 7. The van der Waals surface area contributed by atoms with Gasteiger partial charge in [0.1, 0.15) is 5.60 Å². The standard InChI is InChI=1S/C19H40N2O6SSi/c1-18(2,3)26-17(22)20-15-10-11-21(12-13-25-28(7,23)24)14-16(15)27-29(8,9)19(4,5)6/h15-16H,10-14H2,1-9H3,(H,20,22). The highest BCUT2D eigenvalue weighted by Crippen LogP contribution is 2.38. The molecule has 0 aromatic carbocycles. The maximum absolute atomic E-state index is 12.3. The number of hydrogen-bond acceptors (Lipinski definition) is 7. The van der Waals surface area contributed by atoms with Crippen LogP contribution in [0.2, 0.25) is 18.1 Å². The number of nitrogens with zero attached hydrogens (tertiary/aromatic N) is 1. The van der Waals surface area contributed by atoms with Gasteiger partial charge in [0.25, 0.3) is 10.1 Å². The van der Waals surface area contributed by atoms with Crippen molar-refractivity contribution < 1.29 is 26.6 Å². The van der Waals surface area contributed by atoms with E-state index in [2.05, 4.69) is 44.1 Å². The van der Waals surface area contributed by atoms with E-state index in [1.165, 1.54) is 0 Å². The lowest BCUT2D eigenvalue weighted by Crippen LogP contribution is -2.59. The number of piperidine rings is 1. The Kier molecular flexibility index (Phi) is 8.75. The molecule has 0 aliphatic carbocycles. The first-order chi connectivity index (χ1) is 12.9. The lowest BCUT2D eigenvalue weighted by atomic mass is 10.0. The number of hydrogen-bond donors (Lipinski definition) is 1. The summed E-state index contributed by atoms with van der Waals surface area (Å²) in [5.74, 6) is 0. The molecular formula is C19H40N2O6SSi. The van der Waals surface area contributed by atoms with Gasteiger partial charge in [0, 0.05) is 19.6 Å². The van der Waals surface area contributed by atoms with Gasteiger partial charge in [0.2, 0.25) is 0 Å². The minimum Gasteiger partial charge on any atom is -0.444 e. The van der Waals surface area contributed by atoms with Gasteiger partial charge in [-0.05, 0) is 45.3 Å². The summed E-state index contributed by atoms with van der Waals surface area (Å²) in [5, 5.41) is 3.02. The zero-order valence-corrected chi connectivity index (χ0v) is 21.3. The Labute approximate surface area is 177 Å². The highest BCUT2D eigenvalue weighted by Gasteiger charge is 2.42. The van der Waals surface area contributed by atoms with E-state index >= 15 is 0 Å². The van der Waals surface area contributed by atoms with Gasteiger partial charge in [0.05, 0.1) is 25.0 Å². The highest BCUT2D eigenvalue weighted by atomic mass is 32.2. The third kappa shape index (κ3) is 9.78. The predicted octanol–water partition coefficient (Wildman–Crippen LogP) is 2.95. The number of alkyl carbamates (subject to hydrolysis) is 1. The third-order valence-corrected chi connectivity index (χ3v) is 10.4. The summed E-state index contributed by atoms with van der Waals surface area (Å²) in [7, 11) is -5.52. The van der Waals surface area contributed by atoms with Gasteiger partial charge in [-0.2, -0.15) is 8.42 Å². The first kappa shape index (κ1) is 26.4. The summed E-state index contributed by atoms with van der Waals surface area (Å²) in [5.41, 5.74) is -0.566. The second-order valence-electron chi connectivity index (χ2n) is 10.3. The average molecular weight is 453 g/mol. The number of nitrogens with one attached hydrogen (secondary N) is 1. The Morgan fingerprint density at radius 3 is 2.24 bits per heavy atom. The number of carbonyl (C=O) groups excluding carboxylic acids is 1. The molecule has 0 spiro atoms. The summed E-state index contributed by atoms with van der Waals surface area (Å²) in [4.78, 5) is 14.4. The zero-order chi connectivity index (χ0) is 22.7. The van der Waals surface area contributed by atoms with E-state index in [4.69, 9.17) is 13.3 Å². The molecule has 2 atom stereocenters. The first-order valence-corrected chi connectivity index (χ1v) is 14.9. The molecule has 1 rings (SSSR count). The van der Waals surface area contributed by atoms with Crippen LogP contribution in [0.4, 0.5) is 4.79 Å². The Bertz CT molecular complexity index is 655. The van der Waals surface area contributed by atoms with Crippen LogP contribution in [0.5, 0.6) is 0 Å². The van der Waals surface area contributed by atoms with Crippen LogP contribution in [0.3, 0.4) is 0 Å². The van der Waals surface area contributed by atoms with Gasteiger partial charge in [-0.1, -0.05) is 20.8 Å². The lowest BCUT2D eigenvalue weighted by Gasteiger charge is -2.45. The van der Waals surface area contributed by atoms with Crippen LogP contribution >= 0.6 is 0 Å². The van der Waals surface area contributed by atoms with Crippen LogP contribution in [0.1, 0.15) is 48.0 Å². The molecule has 10 heteroatoms. The van der Waals surface area contributed by atoms with E-state index < -0.39 is 30.1 Å². The van der Waals surface area contributed by atoms with Crippen molar-refractivity contribution in [3.63, 3.8) is 0 Å². The molecule has 1 saturated heterocycles. The summed E-state index contributed by atoms with van der Waals surface area (Å²) < 4.78 is 39.3. The fraction of sp³-hybridized carbons (Fsp3) is 0.947. The van der Waals surface area contributed by atoms with Gasteiger partial charge >= 0.3 is 6.09 Å². The van der Waals surface area contributed by atoms with Gasteiger partial charge in [-0.3, -0.25) is 9.08 Å². The van der Waals surface area contributed by atoms with E-state index in [1.807, 2.05) is 20.8 Å². The van der Waals surface area contributed by atoms with Crippen LogP contribution in [-0.4, -0.2) is 78.0 Å². The van der Waals surface area contributed by atoms with Crippen molar-refractivity contribution in [1.82, 2.24) is 10.2 Å². The van der Waals surface area contributed by atoms with Crippen molar-refractivity contribution in [1.29, 1.82) is 0 Å². The molecule has 1 N–H and O–H groups in total. The average Bonchev–Trinajstić information content (AvgIpc) is 2.45. The Balaban J connectivity index is 2.85. The topological polar surface area (TPSA) is 94.2 Å². The second kappa shape index (κ2) is 9.63. The number of likely N-dealkylation sites (tertiary alicyclic amines) is 1. The van der Waals surface area contributed by atoms with Gasteiger partial charge in [0.15, 0.2) is 8.32 Å². The quantitative estimate of drug-likeness (QED) is 0.469. The van der Waals surface area contributed by atoms with Crippen molar-refractivity contribution in [2.45, 2.75) is 83.8 Å². The number of amides is 1. The SMILES string of the molecule is CC(C)(C)OC(=O)NC1CCN(CCOS(C)(=O)=O)CC1O[Si](C)(C)C(C)(C)C. The normalized spacial score (nSPS) is 22.4. The van der Waals surface area contributed by atoms with Crippen LogP contribution in [0.25, 0.3) is 0 Å². The molecule has 1 heterocycles. The predicted molar refractivity (Wildman–Crippen MR) is 117 cm³/mol. The molecule has 0 bridgehead atoms. The molecule has 1 fully saturated rings. The Hall–Kier alpha value is -0.683. The van der Waals surface area contributed by atoms with Crippen molar-refractivity contribution >= 4 is 24.5 Å². The van der Waals surface area contributed by atoms with Gasteiger partial charge in [-0.25, -0.2) is 4.79 Å². The fourth-order valence-corrected chi connectivity index (χ4v) is 4.53. The molecule has 0 radical (unpaired) electrons. The molecule has 29 heavy (non-hydrogen) atoms. The molecule has 0 aromatic heterocycles. The molecule has 172 valence electrons. The summed E-state index contributed by atoms with van der Waals surface area (Å²) in [6.45, 7) is 18.3. The van der Waals surface area contributed by atoms with Crippen LogP contribution in [0.15, 0.2) is 0 Å². The van der Waals surface area contributed by atoms with E-state index in [9.17, 15) is 13.2 Å². The maximum Gasteiger partial charge on any atom is 0.407 e. The molecule has 8 nitrogen and oxygen atoms in total. The summed E-state index contributed by atoms with van der Waals surface area (Å²) >= 11 is 0. The van der Waals surface area contributed by atoms with Crippen molar-refractivity contribution in [2.24, 2.45) is 0 Å². The molecular weight excluding hydrogens is 412 g/mol. The number of ether oxygens (including phenoxy) is 1. The van der Waals surface area contributed by atoms with E-state index in [0.717, 1.165) is 6.26 Å². The first-order valence-electron chi connectivity index (χ1n) is 10.1. The smallest absolute Gasteiger partial charge is 0.407 e. The van der Waals surface area contributed by atoms with Crippen molar-refractivity contribution in [3.05, 3.63) is 0 Å². The largest absolute Gasteiger partial charge is 0.444 e. The molecule has 1 amide bonds. The maximum atomic E-state index is 12.3. The minimum absolute atomic E-state index is 0.0329. The summed E-state index contributed by atoms with van der Waals surface area (Å²) in [6.07, 6.45) is 1.10. The van der Waals surface area contributed by atoms with Gasteiger partial charge in [-0.15, -0.1) is 0 Å². The molecule has 0 aromatic rings. The number of carbonyl (C=O) groups is 1. The minimum atomic E-state index is -3.46. The Morgan fingerprint density at radius 2 is 1.76 bits per heavy atom. The monoisotopic (exact) mass is 452 g/mol. The van der Waals surface area contributed by atoms with Crippen LogP contribution in [0, 0.1) is 0 Å². The van der Waals surface area contributed by atoms with Crippen molar-refractivity contribution in [2.75, 3.05) is 32.5 Å². The van der Waals surface area contributed by atoms with Crippen molar-refractivity contribution in [3.8, 4) is 0 Å². The highest BCUT2D eigenvalue weighted by molar-refractivity contribution is 7.85. The van der Waals surface area contributed by atoms with Crippen LogP contribution in [-0.2, 0) is 23.5 Å². The second-order valence-corrected chi connectivity index (χ2v) is 16.7. The molecule has 1 aliphatic rings. The van der Waals surface area contributed by atoms with E-state index in [1.54, 1.807) is 0 Å². The molecule has 2 unspecified atom stereocenters. The third-order valence-electron chi connectivity index (χ3n) is 5.30.